The number of ether oxygens (including phenoxy) is 2. The number of rotatable bonds is 7. The lowest BCUT2D eigenvalue weighted by Crippen LogP contribution is -2.44. The summed E-state index contributed by atoms with van der Waals surface area (Å²) in [5, 5.41) is 9.23. The molecule has 1 fully saturated rings. The Morgan fingerprint density at radius 1 is 1.43 bits per heavy atom. The largest absolute Gasteiger partial charge is 0.497 e. The lowest BCUT2D eigenvalue weighted by molar-refractivity contribution is 0.0570. The molecule has 6 nitrogen and oxygen atoms in total. The molecule has 0 radical (unpaired) electrons. The number of nitrogens with two attached hydrogens (primary N) is 1. The van der Waals surface area contributed by atoms with Crippen molar-refractivity contribution in [2.24, 2.45) is 5.73 Å². The first kappa shape index (κ1) is 17.6. The monoisotopic (exact) mass is 322 g/mol. The molecular formula is C17H26N2O4. The van der Waals surface area contributed by atoms with E-state index >= 15 is 0 Å². The molecule has 1 aromatic rings. The zero-order chi connectivity index (χ0) is 16.7. The summed E-state index contributed by atoms with van der Waals surface area (Å²) in [6.45, 7) is 1.52. The van der Waals surface area contributed by atoms with E-state index in [1.165, 1.54) is 0 Å². The highest BCUT2D eigenvalue weighted by atomic mass is 16.5. The van der Waals surface area contributed by atoms with Crippen LogP contribution in [0.5, 0.6) is 11.5 Å². The second kappa shape index (κ2) is 8.74. The van der Waals surface area contributed by atoms with Crippen molar-refractivity contribution in [1.82, 2.24) is 4.90 Å². The molecule has 1 aliphatic rings. The number of likely N-dealkylation sites (tertiary alicyclic amines) is 1. The minimum atomic E-state index is -0.0576. The lowest BCUT2D eigenvalue weighted by atomic mass is 9.98. The van der Waals surface area contributed by atoms with Crippen LogP contribution in [0.4, 0.5) is 0 Å². The van der Waals surface area contributed by atoms with E-state index < -0.39 is 0 Å². The van der Waals surface area contributed by atoms with Gasteiger partial charge in [0.05, 0.1) is 12.7 Å². The summed E-state index contributed by atoms with van der Waals surface area (Å²) < 4.78 is 10.8. The Hall–Kier alpha value is -1.79. The molecule has 1 aromatic carbocycles. The molecule has 6 heteroatoms. The van der Waals surface area contributed by atoms with Crippen LogP contribution in [-0.4, -0.2) is 55.4 Å². The number of aliphatic hydroxyl groups is 1. The Morgan fingerprint density at radius 3 is 2.96 bits per heavy atom. The summed E-state index contributed by atoms with van der Waals surface area (Å²) in [6, 6.07) is 5.30. The second-order valence-electron chi connectivity index (χ2n) is 5.66. The molecule has 1 aliphatic heterocycles. The van der Waals surface area contributed by atoms with Gasteiger partial charge in [-0.25, -0.2) is 0 Å². The maximum atomic E-state index is 13.0. The number of carbonyl (C=O) groups is 1. The fourth-order valence-corrected chi connectivity index (χ4v) is 2.97. The van der Waals surface area contributed by atoms with Crippen LogP contribution in [-0.2, 0) is 0 Å². The van der Waals surface area contributed by atoms with Crippen molar-refractivity contribution in [3.8, 4) is 11.5 Å². The highest BCUT2D eigenvalue weighted by molar-refractivity contribution is 5.97. The van der Waals surface area contributed by atoms with Crippen molar-refractivity contribution >= 4 is 5.91 Å². The number of amides is 1. The van der Waals surface area contributed by atoms with E-state index in [-0.39, 0.29) is 18.6 Å². The second-order valence-corrected chi connectivity index (χ2v) is 5.66. The Balaban J connectivity index is 2.25. The quantitative estimate of drug-likeness (QED) is 0.793. The fourth-order valence-electron chi connectivity index (χ4n) is 2.97. The molecule has 2 rings (SSSR count). The predicted molar refractivity (Wildman–Crippen MR) is 87.9 cm³/mol. The molecule has 0 spiro atoms. The van der Waals surface area contributed by atoms with Gasteiger partial charge in [0.2, 0.25) is 0 Å². The summed E-state index contributed by atoms with van der Waals surface area (Å²) in [4.78, 5) is 14.8. The Bertz CT molecular complexity index is 519. The minimum absolute atomic E-state index is 0.0576. The first-order chi connectivity index (χ1) is 11.2. The molecule has 3 N–H and O–H groups in total. The van der Waals surface area contributed by atoms with Gasteiger partial charge >= 0.3 is 0 Å². The topological polar surface area (TPSA) is 85.0 Å². The van der Waals surface area contributed by atoms with Crippen LogP contribution < -0.4 is 15.2 Å². The van der Waals surface area contributed by atoms with Crippen LogP contribution in [0.25, 0.3) is 0 Å². The summed E-state index contributed by atoms with van der Waals surface area (Å²) in [5.74, 6) is 1.07. The molecule has 1 amide bonds. The minimum Gasteiger partial charge on any atom is -0.497 e. The molecule has 128 valence electrons. The number of methoxy groups -OCH3 is 1. The lowest BCUT2D eigenvalue weighted by Gasteiger charge is -2.36. The Morgan fingerprint density at radius 2 is 2.26 bits per heavy atom. The van der Waals surface area contributed by atoms with Crippen LogP contribution in [0.3, 0.4) is 0 Å². The zero-order valence-electron chi connectivity index (χ0n) is 13.7. The zero-order valence-corrected chi connectivity index (χ0v) is 13.7. The van der Waals surface area contributed by atoms with E-state index in [1.54, 1.807) is 25.3 Å². The summed E-state index contributed by atoms with van der Waals surface area (Å²) >= 11 is 0. The van der Waals surface area contributed by atoms with Gasteiger partial charge in [-0.3, -0.25) is 4.79 Å². The van der Waals surface area contributed by atoms with Crippen molar-refractivity contribution in [3.63, 3.8) is 0 Å². The first-order valence-corrected chi connectivity index (χ1v) is 8.14. The molecular weight excluding hydrogens is 296 g/mol. The number of carbonyl (C=O) groups excluding carboxylic acids is 1. The number of hydrogen-bond acceptors (Lipinski definition) is 5. The molecule has 0 aromatic heterocycles. The maximum absolute atomic E-state index is 13.0. The highest BCUT2D eigenvalue weighted by Gasteiger charge is 2.28. The molecule has 0 aliphatic carbocycles. The Labute approximate surface area is 137 Å². The molecule has 23 heavy (non-hydrogen) atoms. The van der Waals surface area contributed by atoms with E-state index in [4.69, 9.17) is 15.2 Å². The molecule has 0 unspecified atom stereocenters. The van der Waals surface area contributed by atoms with Crippen molar-refractivity contribution in [3.05, 3.63) is 23.8 Å². The van der Waals surface area contributed by atoms with E-state index in [0.717, 1.165) is 19.3 Å². The average Bonchev–Trinajstić information content (AvgIpc) is 2.60. The molecule has 1 heterocycles. The van der Waals surface area contributed by atoms with Crippen LogP contribution >= 0.6 is 0 Å². The fraction of sp³-hybridized carbons (Fsp3) is 0.588. The van der Waals surface area contributed by atoms with Gasteiger partial charge in [-0.05, 0) is 37.8 Å². The van der Waals surface area contributed by atoms with E-state index in [2.05, 4.69) is 0 Å². The van der Waals surface area contributed by atoms with E-state index in [1.807, 2.05) is 4.90 Å². The van der Waals surface area contributed by atoms with Crippen LogP contribution in [0.1, 0.15) is 36.0 Å². The van der Waals surface area contributed by atoms with E-state index in [0.29, 0.717) is 43.2 Å². The number of nitrogens with zero attached hydrogens (tertiary/aromatic N) is 1. The number of piperidine rings is 1. The molecule has 0 bridgehead atoms. The summed E-state index contributed by atoms with van der Waals surface area (Å²) in [5.41, 5.74) is 6.02. The third-order valence-electron chi connectivity index (χ3n) is 4.14. The van der Waals surface area contributed by atoms with Crippen molar-refractivity contribution < 1.29 is 19.4 Å². The van der Waals surface area contributed by atoms with Crippen molar-refractivity contribution in [2.45, 2.75) is 31.7 Å². The number of aliphatic hydroxyl groups excluding tert-OH is 1. The summed E-state index contributed by atoms with van der Waals surface area (Å²) in [7, 11) is 1.57. The van der Waals surface area contributed by atoms with E-state index in [9.17, 15) is 9.90 Å². The molecule has 1 saturated heterocycles. The number of benzene rings is 1. The van der Waals surface area contributed by atoms with Gasteiger partial charge < -0.3 is 25.2 Å². The number of hydrogen-bond donors (Lipinski definition) is 2. The normalized spacial score (nSPS) is 17.9. The van der Waals surface area contributed by atoms with Gasteiger partial charge in [-0.15, -0.1) is 0 Å². The Kier molecular flexibility index (Phi) is 6.67. The molecule has 1 atom stereocenters. The van der Waals surface area contributed by atoms with Gasteiger partial charge in [0.25, 0.3) is 5.91 Å². The first-order valence-electron chi connectivity index (χ1n) is 8.14. The smallest absolute Gasteiger partial charge is 0.257 e. The maximum Gasteiger partial charge on any atom is 0.257 e. The van der Waals surface area contributed by atoms with Crippen molar-refractivity contribution in [2.75, 3.05) is 33.4 Å². The van der Waals surface area contributed by atoms with Crippen LogP contribution in [0, 0.1) is 0 Å². The van der Waals surface area contributed by atoms with Crippen molar-refractivity contribution in [1.29, 1.82) is 0 Å². The average molecular weight is 322 g/mol. The van der Waals surface area contributed by atoms with Gasteiger partial charge in [-0.1, -0.05) is 0 Å². The van der Waals surface area contributed by atoms with Gasteiger partial charge in [0.1, 0.15) is 18.1 Å². The van der Waals surface area contributed by atoms with Gasteiger partial charge in [-0.2, -0.15) is 0 Å². The van der Waals surface area contributed by atoms with Gasteiger partial charge in [0, 0.05) is 31.8 Å². The van der Waals surface area contributed by atoms with Crippen LogP contribution in [0.2, 0.25) is 0 Å². The predicted octanol–water partition coefficient (Wildman–Crippen LogP) is 1.41. The third-order valence-corrected chi connectivity index (χ3v) is 4.14. The SMILES string of the molecule is COc1ccc(C(=O)N2CCCC[C@H]2CCO)c(OCCN)c1. The highest BCUT2D eigenvalue weighted by Crippen LogP contribution is 2.29. The standard InChI is InChI=1S/C17H26N2O4/c1-22-14-5-6-15(16(12-14)23-11-8-18)17(21)19-9-3-2-4-13(19)7-10-20/h5-6,12-13,20H,2-4,7-11,18H2,1H3/t13-/m0/s1. The summed E-state index contributed by atoms with van der Waals surface area (Å²) in [6.07, 6.45) is 3.62. The third kappa shape index (κ3) is 4.36. The van der Waals surface area contributed by atoms with Crippen LogP contribution in [0.15, 0.2) is 18.2 Å². The van der Waals surface area contributed by atoms with Gasteiger partial charge in [0.15, 0.2) is 0 Å². The molecule has 0 saturated carbocycles.